The van der Waals surface area contributed by atoms with Crippen molar-refractivity contribution in [3.63, 3.8) is 0 Å². The van der Waals surface area contributed by atoms with Crippen LogP contribution in [0.3, 0.4) is 0 Å². The Bertz CT molecular complexity index is 212. The second kappa shape index (κ2) is 4.49. The smallest absolute Gasteiger partial charge is 0.0933 e. The van der Waals surface area contributed by atoms with E-state index in [0.29, 0.717) is 6.61 Å². The minimum atomic E-state index is -0.147. The summed E-state index contributed by atoms with van der Waals surface area (Å²) >= 11 is 1.17. The van der Waals surface area contributed by atoms with Gasteiger partial charge >= 0.3 is 0 Å². The van der Waals surface area contributed by atoms with Crippen LogP contribution in [0.5, 0.6) is 0 Å². The maximum Gasteiger partial charge on any atom is 0.0933 e. The number of rotatable bonds is 4. The van der Waals surface area contributed by atoms with Gasteiger partial charge in [0.05, 0.1) is 42.4 Å². The molecule has 0 fully saturated rings. The van der Waals surface area contributed by atoms with E-state index >= 15 is 0 Å². The van der Waals surface area contributed by atoms with Crippen molar-refractivity contribution < 1.29 is 4.74 Å². The number of aromatic nitrogens is 2. The summed E-state index contributed by atoms with van der Waals surface area (Å²) in [5, 5.41) is 0. The predicted molar refractivity (Wildman–Crippen MR) is 47.9 cm³/mol. The third-order valence-electron chi connectivity index (χ3n) is 1.37. The van der Waals surface area contributed by atoms with Gasteiger partial charge < -0.3 is 10.5 Å². The molecule has 4 nitrogen and oxygen atoms in total. The molecular formula is C7H13N3OS. The van der Waals surface area contributed by atoms with Gasteiger partial charge in [0.25, 0.3) is 0 Å². The van der Waals surface area contributed by atoms with Crippen LogP contribution in [0.15, 0.2) is 6.20 Å². The molecule has 0 saturated heterocycles. The lowest BCUT2D eigenvalue weighted by Gasteiger charge is -2.11. The van der Waals surface area contributed by atoms with Gasteiger partial charge in [-0.05, 0) is 13.8 Å². The molecule has 0 saturated carbocycles. The molecule has 12 heavy (non-hydrogen) atoms. The highest BCUT2D eigenvalue weighted by Crippen LogP contribution is 2.07. The summed E-state index contributed by atoms with van der Waals surface area (Å²) in [5.41, 5.74) is 6.57. The van der Waals surface area contributed by atoms with E-state index in [2.05, 4.69) is 8.75 Å². The Morgan fingerprint density at radius 1 is 1.67 bits per heavy atom. The highest BCUT2D eigenvalue weighted by atomic mass is 32.1. The lowest BCUT2D eigenvalue weighted by molar-refractivity contribution is 0.0677. The van der Waals surface area contributed by atoms with Gasteiger partial charge in [-0.15, -0.1) is 0 Å². The lowest BCUT2D eigenvalue weighted by Crippen LogP contribution is -2.19. The summed E-state index contributed by atoms with van der Waals surface area (Å²) in [6.45, 7) is 4.46. The minimum Gasteiger partial charge on any atom is -0.377 e. The Morgan fingerprint density at radius 3 is 2.92 bits per heavy atom. The zero-order valence-electron chi connectivity index (χ0n) is 7.23. The quantitative estimate of drug-likeness (QED) is 0.762. The van der Waals surface area contributed by atoms with Crippen LogP contribution in [0.2, 0.25) is 0 Å². The third-order valence-corrected chi connectivity index (χ3v) is 1.86. The molecule has 1 aromatic heterocycles. The number of nitrogens with zero attached hydrogens (tertiary/aromatic N) is 2. The van der Waals surface area contributed by atoms with Crippen LogP contribution in [0, 0.1) is 0 Å². The molecule has 0 bridgehead atoms. The molecule has 1 atom stereocenters. The maximum absolute atomic E-state index is 5.77. The van der Waals surface area contributed by atoms with E-state index in [9.17, 15) is 0 Å². The fraction of sp³-hybridized carbons (Fsp3) is 0.714. The molecule has 1 heterocycles. The maximum atomic E-state index is 5.77. The van der Waals surface area contributed by atoms with E-state index in [-0.39, 0.29) is 12.1 Å². The molecule has 2 N–H and O–H groups in total. The Balaban J connectivity index is 2.34. The van der Waals surface area contributed by atoms with Gasteiger partial charge in [-0.3, -0.25) is 0 Å². The van der Waals surface area contributed by atoms with Gasteiger partial charge in [-0.2, -0.15) is 8.75 Å². The molecule has 5 heteroatoms. The lowest BCUT2D eigenvalue weighted by atomic mass is 10.2. The van der Waals surface area contributed by atoms with Crippen LogP contribution in [0.25, 0.3) is 0 Å². The van der Waals surface area contributed by atoms with Crippen LogP contribution in [0.4, 0.5) is 0 Å². The zero-order chi connectivity index (χ0) is 8.97. The van der Waals surface area contributed by atoms with Crippen molar-refractivity contribution >= 4 is 11.7 Å². The van der Waals surface area contributed by atoms with E-state index in [1.807, 2.05) is 13.8 Å². The first kappa shape index (κ1) is 9.57. The molecule has 1 rings (SSSR count). The van der Waals surface area contributed by atoms with Crippen molar-refractivity contribution in [3.05, 3.63) is 11.9 Å². The number of ether oxygens (including phenoxy) is 1. The van der Waals surface area contributed by atoms with Crippen LogP contribution in [-0.2, 0) is 4.74 Å². The second-order valence-electron chi connectivity index (χ2n) is 2.82. The number of nitrogens with two attached hydrogens (primary N) is 1. The summed E-state index contributed by atoms with van der Waals surface area (Å²) < 4.78 is 13.2. The molecular weight excluding hydrogens is 174 g/mol. The van der Waals surface area contributed by atoms with Crippen LogP contribution in [-0.4, -0.2) is 21.5 Å². The van der Waals surface area contributed by atoms with Gasteiger partial charge in [-0.1, -0.05) is 0 Å². The third kappa shape index (κ3) is 2.84. The average Bonchev–Trinajstić information content (AvgIpc) is 2.51. The van der Waals surface area contributed by atoms with Crippen molar-refractivity contribution in [1.29, 1.82) is 0 Å². The van der Waals surface area contributed by atoms with Crippen LogP contribution in [0.1, 0.15) is 25.6 Å². The monoisotopic (exact) mass is 187 g/mol. The molecule has 0 aromatic carbocycles. The van der Waals surface area contributed by atoms with Gasteiger partial charge in [0.2, 0.25) is 0 Å². The topological polar surface area (TPSA) is 61.0 Å². The molecule has 0 aliphatic heterocycles. The minimum absolute atomic E-state index is 0.147. The van der Waals surface area contributed by atoms with Crippen LogP contribution < -0.4 is 5.73 Å². The Morgan fingerprint density at radius 2 is 2.42 bits per heavy atom. The molecule has 0 radical (unpaired) electrons. The SMILES string of the molecule is CC(C)OCC(N)c1cnsn1. The van der Waals surface area contributed by atoms with Crippen LogP contribution >= 0.6 is 11.7 Å². The van der Waals surface area contributed by atoms with Gasteiger partial charge in [0, 0.05) is 0 Å². The molecule has 0 amide bonds. The first-order chi connectivity index (χ1) is 5.70. The van der Waals surface area contributed by atoms with E-state index in [0.717, 1.165) is 5.69 Å². The molecule has 0 spiro atoms. The molecule has 1 unspecified atom stereocenters. The first-order valence-electron chi connectivity index (χ1n) is 3.84. The van der Waals surface area contributed by atoms with Crippen molar-refractivity contribution in [2.75, 3.05) is 6.61 Å². The van der Waals surface area contributed by atoms with Crippen molar-refractivity contribution in [2.45, 2.75) is 26.0 Å². The Hall–Kier alpha value is -0.520. The normalized spacial score (nSPS) is 13.7. The van der Waals surface area contributed by atoms with Crippen molar-refractivity contribution in [2.24, 2.45) is 5.73 Å². The van der Waals surface area contributed by atoms with E-state index in [4.69, 9.17) is 10.5 Å². The molecule has 0 aliphatic rings. The highest BCUT2D eigenvalue weighted by molar-refractivity contribution is 6.99. The van der Waals surface area contributed by atoms with Gasteiger partial charge in [-0.25, -0.2) is 0 Å². The van der Waals surface area contributed by atoms with E-state index in [1.54, 1.807) is 6.20 Å². The first-order valence-corrected chi connectivity index (χ1v) is 4.58. The average molecular weight is 187 g/mol. The standard InChI is InChI=1S/C7H13N3OS/c1-5(2)11-4-6(8)7-3-9-12-10-7/h3,5-6H,4,8H2,1-2H3. The fourth-order valence-electron chi connectivity index (χ4n) is 0.717. The van der Waals surface area contributed by atoms with Gasteiger partial charge in [0.15, 0.2) is 0 Å². The summed E-state index contributed by atoms with van der Waals surface area (Å²) in [6, 6.07) is -0.147. The summed E-state index contributed by atoms with van der Waals surface area (Å²) in [5.74, 6) is 0. The largest absolute Gasteiger partial charge is 0.377 e. The summed E-state index contributed by atoms with van der Waals surface area (Å²) in [6.07, 6.45) is 1.89. The fourth-order valence-corrected chi connectivity index (χ4v) is 1.20. The summed E-state index contributed by atoms with van der Waals surface area (Å²) in [7, 11) is 0. The van der Waals surface area contributed by atoms with Crippen molar-refractivity contribution in [1.82, 2.24) is 8.75 Å². The molecule has 0 aliphatic carbocycles. The van der Waals surface area contributed by atoms with Gasteiger partial charge in [0.1, 0.15) is 0 Å². The second-order valence-corrected chi connectivity index (χ2v) is 3.38. The highest BCUT2D eigenvalue weighted by Gasteiger charge is 2.09. The summed E-state index contributed by atoms with van der Waals surface area (Å²) in [4.78, 5) is 0. The molecule has 1 aromatic rings. The zero-order valence-corrected chi connectivity index (χ0v) is 8.04. The number of hydrogen-bond donors (Lipinski definition) is 1. The van der Waals surface area contributed by atoms with Crippen molar-refractivity contribution in [3.8, 4) is 0 Å². The Labute approximate surface area is 76.1 Å². The van der Waals surface area contributed by atoms with E-state index < -0.39 is 0 Å². The predicted octanol–water partition coefficient (Wildman–Crippen LogP) is 0.963. The number of hydrogen-bond acceptors (Lipinski definition) is 5. The van der Waals surface area contributed by atoms with E-state index in [1.165, 1.54) is 11.7 Å². The Kier molecular flexibility index (Phi) is 3.58. The molecule has 68 valence electrons.